The van der Waals surface area contributed by atoms with Gasteiger partial charge < -0.3 is 10.1 Å². The Hall–Kier alpha value is -1.87. The fourth-order valence-corrected chi connectivity index (χ4v) is 2.12. The number of hydrogen-bond acceptors (Lipinski definition) is 2. The molecule has 0 aliphatic heterocycles. The molecule has 2 aromatic carbocycles. The highest BCUT2D eigenvalue weighted by Crippen LogP contribution is 2.12. The lowest BCUT2D eigenvalue weighted by molar-refractivity contribution is 0.264. The second-order valence-corrected chi connectivity index (χ2v) is 4.67. The van der Waals surface area contributed by atoms with E-state index in [2.05, 4.69) is 5.32 Å². The van der Waals surface area contributed by atoms with Crippen molar-refractivity contribution in [2.45, 2.75) is 19.4 Å². The number of halogens is 1. The largest absolute Gasteiger partial charge is 0.492 e. The van der Waals surface area contributed by atoms with Gasteiger partial charge in [0.1, 0.15) is 18.2 Å². The van der Waals surface area contributed by atoms with Gasteiger partial charge in [0.2, 0.25) is 0 Å². The summed E-state index contributed by atoms with van der Waals surface area (Å²) in [5.74, 6) is 0.680. The predicted molar refractivity (Wildman–Crippen MR) is 79.5 cm³/mol. The van der Waals surface area contributed by atoms with Gasteiger partial charge in [-0.3, -0.25) is 0 Å². The van der Waals surface area contributed by atoms with Crippen molar-refractivity contribution in [1.29, 1.82) is 0 Å². The molecule has 2 rings (SSSR count). The lowest BCUT2D eigenvalue weighted by Crippen LogP contribution is -2.36. The maximum atomic E-state index is 13.7. The first-order valence-corrected chi connectivity index (χ1v) is 6.94. The summed E-state index contributed by atoms with van der Waals surface area (Å²) >= 11 is 0. The Kier molecular flexibility index (Phi) is 5.56. The highest BCUT2D eigenvalue weighted by molar-refractivity contribution is 5.21. The van der Waals surface area contributed by atoms with Crippen LogP contribution in [0.3, 0.4) is 0 Å². The molecule has 0 radical (unpaired) electrons. The van der Waals surface area contributed by atoms with Crippen molar-refractivity contribution in [2.24, 2.45) is 0 Å². The zero-order valence-electron chi connectivity index (χ0n) is 11.7. The average Bonchev–Trinajstić information content (AvgIpc) is 2.48. The van der Waals surface area contributed by atoms with E-state index < -0.39 is 0 Å². The third kappa shape index (κ3) is 4.35. The first-order chi connectivity index (χ1) is 9.79. The average molecular weight is 273 g/mol. The second kappa shape index (κ2) is 7.65. The Morgan fingerprint density at radius 3 is 2.45 bits per heavy atom. The lowest BCUT2D eigenvalue weighted by Gasteiger charge is -2.19. The fraction of sp³-hybridized carbons (Fsp3) is 0.294. The third-order valence-corrected chi connectivity index (χ3v) is 3.11. The fourth-order valence-electron chi connectivity index (χ4n) is 2.12. The van der Waals surface area contributed by atoms with E-state index in [0.717, 1.165) is 17.9 Å². The Morgan fingerprint density at radius 2 is 1.75 bits per heavy atom. The van der Waals surface area contributed by atoms with E-state index in [1.54, 1.807) is 6.07 Å². The normalized spacial score (nSPS) is 12.1. The van der Waals surface area contributed by atoms with Gasteiger partial charge in [-0.1, -0.05) is 43.3 Å². The molecule has 20 heavy (non-hydrogen) atoms. The smallest absolute Gasteiger partial charge is 0.126 e. The number of likely N-dealkylation sites (N-methyl/N-ethyl adjacent to an activating group) is 1. The van der Waals surface area contributed by atoms with Crippen LogP contribution in [0.2, 0.25) is 0 Å². The van der Waals surface area contributed by atoms with Crippen molar-refractivity contribution in [3.05, 3.63) is 66.0 Å². The molecule has 0 spiro atoms. The van der Waals surface area contributed by atoms with Crippen molar-refractivity contribution in [2.75, 3.05) is 13.2 Å². The number of hydrogen-bond donors (Lipinski definition) is 1. The second-order valence-electron chi connectivity index (χ2n) is 4.67. The van der Waals surface area contributed by atoms with Crippen molar-refractivity contribution in [3.8, 4) is 5.75 Å². The van der Waals surface area contributed by atoms with Gasteiger partial charge in [-0.2, -0.15) is 0 Å². The first kappa shape index (κ1) is 14.5. The number of nitrogens with one attached hydrogen (secondary N) is 1. The van der Waals surface area contributed by atoms with Gasteiger partial charge in [0.25, 0.3) is 0 Å². The predicted octanol–water partition coefficient (Wildman–Crippen LogP) is 3.43. The zero-order valence-corrected chi connectivity index (χ0v) is 11.7. The summed E-state index contributed by atoms with van der Waals surface area (Å²) < 4.78 is 19.4. The van der Waals surface area contributed by atoms with Gasteiger partial charge in [-0.25, -0.2) is 4.39 Å². The molecule has 3 heteroatoms. The third-order valence-electron chi connectivity index (χ3n) is 3.11. The van der Waals surface area contributed by atoms with Crippen LogP contribution in [0.1, 0.15) is 12.5 Å². The maximum absolute atomic E-state index is 13.7. The van der Waals surface area contributed by atoms with E-state index in [4.69, 9.17) is 4.74 Å². The maximum Gasteiger partial charge on any atom is 0.126 e. The molecule has 0 aliphatic rings. The molecule has 0 bridgehead atoms. The molecule has 1 unspecified atom stereocenters. The highest BCUT2D eigenvalue weighted by atomic mass is 19.1. The molecule has 1 N–H and O–H groups in total. The van der Waals surface area contributed by atoms with Crippen molar-refractivity contribution >= 4 is 0 Å². The van der Waals surface area contributed by atoms with E-state index in [9.17, 15) is 4.39 Å². The quantitative estimate of drug-likeness (QED) is 0.834. The first-order valence-electron chi connectivity index (χ1n) is 6.94. The van der Waals surface area contributed by atoms with Crippen LogP contribution in [0.5, 0.6) is 5.75 Å². The molecule has 0 amide bonds. The van der Waals surface area contributed by atoms with Crippen molar-refractivity contribution in [1.82, 2.24) is 5.32 Å². The summed E-state index contributed by atoms with van der Waals surface area (Å²) in [6.07, 6.45) is 0.618. The Balaban J connectivity index is 1.95. The van der Waals surface area contributed by atoms with Crippen LogP contribution in [-0.2, 0) is 6.42 Å². The van der Waals surface area contributed by atoms with Gasteiger partial charge in [-0.05, 0) is 36.7 Å². The van der Waals surface area contributed by atoms with Gasteiger partial charge in [0.05, 0.1) is 0 Å². The Morgan fingerprint density at radius 1 is 1.05 bits per heavy atom. The highest BCUT2D eigenvalue weighted by Gasteiger charge is 2.12. The van der Waals surface area contributed by atoms with Gasteiger partial charge >= 0.3 is 0 Å². The zero-order chi connectivity index (χ0) is 14.2. The Bertz CT molecular complexity index is 515. The van der Waals surface area contributed by atoms with Crippen LogP contribution in [-0.4, -0.2) is 19.2 Å². The van der Waals surface area contributed by atoms with E-state index in [1.165, 1.54) is 6.07 Å². The molecular weight excluding hydrogens is 253 g/mol. The molecule has 0 heterocycles. The van der Waals surface area contributed by atoms with Crippen LogP contribution >= 0.6 is 0 Å². The summed E-state index contributed by atoms with van der Waals surface area (Å²) in [4.78, 5) is 0. The number of ether oxygens (including phenoxy) is 1. The standard InChI is InChI=1S/C17H20FNO/c1-2-19-15(12-14-8-6-7-11-17(14)18)13-20-16-9-4-3-5-10-16/h3-11,15,19H,2,12-13H2,1H3. The minimum absolute atomic E-state index is 0.0945. The summed E-state index contributed by atoms with van der Waals surface area (Å²) in [6.45, 7) is 3.39. The molecule has 0 saturated carbocycles. The topological polar surface area (TPSA) is 21.3 Å². The molecule has 0 aromatic heterocycles. The molecule has 0 saturated heterocycles. The minimum atomic E-state index is -0.157. The summed E-state index contributed by atoms with van der Waals surface area (Å²) in [7, 11) is 0. The van der Waals surface area contributed by atoms with Crippen LogP contribution in [0.15, 0.2) is 54.6 Å². The summed E-state index contributed by atoms with van der Waals surface area (Å²) in [5, 5.41) is 3.34. The van der Waals surface area contributed by atoms with Crippen LogP contribution in [0, 0.1) is 5.82 Å². The molecular formula is C17H20FNO. The van der Waals surface area contributed by atoms with Gasteiger partial charge in [0.15, 0.2) is 0 Å². The molecule has 0 fully saturated rings. The molecule has 0 aliphatic carbocycles. The minimum Gasteiger partial charge on any atom is -0.492 e. The molecule has 2 aromatic rings. The molecule has 1 atom stereocenters. The van der Waals surface area contributed by atoms with E-state index in [1.807, 2.05) is 49.4 Å². The summed E-state index contributed by atoms with van der Waals surface area (Å²) in [5.41, 5.74) is 0.718. The van der Waals surface area contributed by atoms with Gasteiger partial charge in [0, 0.05) is 6.04 Å². The van der Waals surface area contributed by atoms with Crippen LogP contribution in [0.4, 0.5) is 4.39 Å². The Labute approximate surface area is 119 Å². The number of rotatable bonds is 7. The SMILES string of the molecule is CCNC(COc1ccccc1)Cc1ccccc1F. The van der Waals surface area contributed by atoms with E-state index in [0.29, 0.717) is 13.0 Å². The lowest BCUT2D eigenvalue weighted by atomic mass is 10.1. The monoisotopic (exact) mass is 273 g/mol. The van der Waals surface area contributed by atoms with Crippen molar-refractivity contribution < 1.29 is 9.13 Å². The van der Waals surface area contributed by atoms with Crippen LogP contribution in [0.25, 0.3) is 0 Å². The summed E-state index contributed by atoms with van der Waals surface area (Å²) in [6, 6.07) is 16.7. The number of para-hydroxylation sites is 1. The van der Waals surface area contributed by atoms with Crippen molar-refractivity contribution in [3.63, 3.8) is 0 Å². The molecule has 2 nitrogen and oxygen atoms in total. The van der Waals surface area contributed by atoms with Gasteiger partial charge in [-0.15, -0.1) is 0 Å². The molecule has 106 valence electrons. The number of benzene rings is 2. The van der Waals surface area contributed by atoms with Crippen LogP contribution < -0.4 is 10.1 Å². The van der Waals surface area contributed by atoms with E-state index >= 15 is 0 Å². The van der Waals surface area contributed by atoms with E-state index in [-0.39, 0.29) is 11.9 Å².